The number of rotatable bonds is 6. The van der Waals surface area contributed by atoms with Crippen molar-refractivity contribution in [3.05, 3.63) is 23.8 Å². The zero-order valence-electron chi connectivity index (χ0n) is 10.7. The quantitative estimate of drug-likeness (QED) is 0.648. The van der Waals surface area contributed by atoms with E-state index in [1.165, 1.54) is 6.08 Å². The fraction of sp³-hybridized carbons (Fsp3) is 0.538. The number of unbranched alkanes of at least 4 members (excludes halogenated alkanes) is 1. The Morgan fingerprint density at radius 1 is 1.31 bits per heavy atom. The van der Waals surface area contributed by atoms with Gasteiger partial charge in [0.25, 0.3) is 0 Å². The first-order valence-corrected chi connectivity index (χ1v) is 5.53. The van der Waals surface area contributed by atoms with Crippen molar-refractivity contribution in [3.8, 4) is 0 Å². The summed E-state index contributed by atoms with van der Waals surface area (Å²) in [6.45, 7) is 9.64. The molecule has 90 valence electrons. The molecule has 0 saturated carbocycles. The molecule has 0 aromatic rings. The predicted octanol–water partition coefficient (Wildman–Crippen LogP) is 2.34. The van der Waals surface area contributed by atoms with Crippen LogP contribution in [0.5, 0.6) is 0 Å². The lowest BCUT2D eigenvalue weighted by Crippen LogP contribution is -2.28. The Morgan fingerprint density at radius 3 is 2.31 bits per heavy atom. The van der Waals surface area contributed by atoms with Gasteiger partial charge in [-0.1, -0.05) is 19.9 Å². The summed E-state index contributed by atoms with van der Waals surface area (Å²) in [5, 5.41) is 0. The maximum Gasteiger partial charge on any atom is 0.249 e. The van der Waals surface area contributed by atoms with Crippen LogP contribution in [0.1, 0.15) is 33.6 Å². The molecule has 0 aliphatic rings. The lowest BCUT2D eigenvalue weighted by molar-refractivity contribution is -0.126. The summed E-state index contributed by atoms with van der Waals surface area (Å²) in [7, 11) is 1.75. The van der Waals surface area contributed by atoms with Gasteiger partial charge < -0.3 is 4.90 Å². The van der Waals surface area contributed by atoms with Crippen LogP contribution in [-0.4, -0.2) is 30.2 Å². The van der Waals surface area contributed by atoms with E-state index in [9.17, 15) is 9.59 Å². The van der Waals surface area contributed by atoms with Crippen molar-refractivity contribution in [1.82, 2.24) is 4.90 Å². The standard InChI is InChI=1S/C13H21NO2/c1-6-7-8-14(5)13(16)11(4)9-12(15)10(2)3/h9H,2,6-8H2,1,3-5H3/b11-9+. The van der Waals surface area contributed by atoms with Crippen LogP contribution in [0.2, 0.25) is 0 Å². The van der Waals surface area contributed by atoms with E-state index in [4.69, 9.17) is 0 Å². The third-order valence-corrected chi connectivity index (χ3v) is 2.30. The Bertz CT molecular complexity index is 316. The topological polar surface area (TPSA) is 37.4 Å². The summed E-state index contributed by atoms with van der Waals surface area (Å²) in [6.07, 6.45) is 3.38. The average molecular weight is 223 g/mol. The van der Waals surface area contributed by atoms with E-state index in [0.717, 1.165) is 19.4 Å². The van der Waals surface area contributed by atoms with Crippen molar-refractivity contribution in [3.63, 3.8) is 0 Å². The van der Waals surface area contributed by atoms with Crippen LogP contribution in [0.25, 0.3) is 0 Å². The SMILES string of the molecule is C=C(C)C(=O)/C=C(\C)C(=O)N(C)CCCC. The molecule has 1 amide bonds. The summed E-state index contributed by atoms with van der Waals surface area (Å²) >= 11 is 0. The van der Waals surface area contributed by atoms with Crippen molar-refractivity contribution >= 4 is 11.7 Å². The van der Waals surface area contributed by atoms with Gasteiger partial charge in [0, 0.05) is 19.2 Å². The highest BCUT2D eigenvalue weighted by atomic mass is 16.2. The van der Waals surface area contributed by atoms with Gasteiger partial charge in [-0.3, -0.25) is 9.59 Å². The molecule has 16 heavy (non-hydrogen) atoms. The van der Waals surface area contributed by atoms with Gasteiger partial charge in [-0.05, 0) is 31.9 Å². The van der Waals surface area contributed by atoms with Crippen molar-refractivity contribution in [2.45, 2.75) is 33.6 Å². The van der Waals surface area contributed by atoms with E-state index in [1.807, 2.05) is 0 Å². The second-order valence-corrected chi connectivity index (χ2v) is 4.05. The zero-order chi connectivity index (χ0) is 12.7. The molecule has 0 aliphatic carbocycles. The van der Waals surface area contributed by atoms with Gasteiger partial charge in [-0.15, -0.1) is 0 Å². The summed E-state index contributed by atoms with van der Waals surface area (Å²) in [6, 6.07) is 0. The number of amides is 1. The van der Waals surface area contributed by atoms with Gasteiger partial charge in [0.15, 0.2) is 5.78 Å². The van der Waals surface area contributed by atoms with Crippen molar-refractivity contribution < 1.29 is 9.59 Å². The highest BCUT2D eigenvalue weighted by molar-refractivity contribution is 6.08. The Morgan fingerprint density at radius 2 is 1.88 bits per heavy atom. The Labute approximate surface area is 97.8 Å². The molecule has 3 nitrogen and oxygen atoms in total. The summed E-state index contributed by atoms with van der Waals surface area (Å²) in [5.74, 6) is -0.280. The number of allylic oxidation sites excluding steroid dienone is 2. The van der Waals surface area contributed by atoms with Gasteiger partial charge in [-0.25, -0.2) is 0 Å². The molecule has 0 saturated heterocycles. The fourth-order valence-corrected chi connectivity index (χ4v) is 1.18. The minimum atomic E-state index is -0.185. The van der Waals surface area contributed by atoms with Crippen LogP contribution in [0.4, 0.5) is 0 Å². The molecule has 0 radical (unpaired) electrons. The van der Waals surface area contributed by atoms with E-state index >= 15 is 0 Å². The number of hydrogen-bond acceptors (Lipinski definition) is 2. The predicted molar refractivity (Wildman–Crippen MR) is 66.1 cm³/mol. The molecule has 0 bridgehead atoms. The van der Waals surface area contributed by atoms with Gasteiger partial charge in [-0.2, -0.15) is 0 Å². The molecule has 3 heteroatoms. The van der Waals surface area contributed by atoms with Gasteiger partial charge in [0.2, 0.25) is 5.91 Å². The molecule has 0 atom stereocenters. The van der Waals surface area contributed by atoms with E-state index in [-0.39, 0.29) is 11.7 Å². The van der Waals surface area contributed by atoms with Gasteiger partial charge in [0.1, 0.15) is 0 Å². The maximum absolute atomic E-state index is 11.8. The van der Waals surface area contributed by atoms with E-state index in [1.54, 1.807) is 25.8 Å². The van der Waals surface area contributed by atoms with Gasteiger partial charge >= 0.3 is 0 Å². The molecule has 0 aromatic carbocycles. The number of likely N-dealkylation sites (N-methyl/N-ethyl adjacent to an activating group) is 1. The number of carbonyl (C=O) groups is 2. The largest absolute Gasteiger partial charge is 0.342 e. The lowest BCUT2D eigenvalue weighted by atomic mass is 10.1. The molecule has 0 heterocycles. The normalized spacial score (nSPS) is 11.1. The number of ketones is 1. The second kappa shape index (κ2) is 6.99. The first-order chi connectivity index (χ1) is 7.40. The third-order valence-electron chi connectivity index (χ3n) is 2.30. The monoisotopic (exact) mass is 223 g/mol. The second-order valence-electron chi connectivity index (χ2n) is 4.05. The molecular formula is C13H21NO2. The minimum absolute atomic E-state index is 0.0944. The highest BCUT2D eigenvalue weighted by Crippen LogP contribution is 2.03. The van der Waals surface area contributed by atoms with Crippen LogP contribution in [0.3, 0.4) is 0 Å². The fourth-order valence-electron chi connectivity index (χ4n) is 1.18. The molecule has 0 fully saturated rings. The molecule has 0 unspecified atom stereocenters. The van der Waals surface area contributed by atoms with Crippen LogP contribution in [0.15, 0.2) is 23.8 Å². The summed E-state index contributed by atoms with van der Waals surface area (Å²) < 4.78 is 0. The Balaban J connectivity index is 4.48. The zero-order valence-corrected chi connectivity index (χ0v) is 10.7. The van der Waals surface area contributed by atoms with Crippen molar-refractivity contribution in [2.24, 2.45) is 0 Å². The molecule has 0 aromatic heterocycles. The summed E-state index contributed by atoms with van der Waals surface area (Å²) in [4.78, 5) is 24.8. The van der Waals surface area contributed by atoms with Crippen LogP contribution >= 0.6 is 0 Å². The Kier molecular flexibility index (Phi) is 6.38. The number of carbonyl (C=O) groups excluding carboxylic acids is 2. The highest BCUT2D eigenvalue weighted by Gasteiger charge is 2.11. The lowest BCUT2D eigenvalue weighted by Gasteiger charge is -2.16. The number of nitrogens with zero attached hydrogens (tertiary/aromatic N) is 1. The minimum Gasteiger partial charge on any atom is -0.342 e. The van der Waals surface area contributed by atoms with Crippen molar-refractivity contribution in [2.75, 3.05) is 13.6 Å². The van der Waals surface area contributed by atoms with E-state index < -0.39 is 0 Å². The molecule has 0 spiro atoms. The molecule has 0 aliphatic heterocycles. The summed E-state index contributed by atoms with van der Waals surface area (Å²) in [5.41, 5.74) is 0.912. The Hall–Kier alpha value is -1.38. The average Bonchev–Trinajstić information content (AvgIpc) is 2.24. The van der Waals surface area contributed by atoms with Gasteiger partial charge in [0.05, 0.1) is 0 Å². The first kappa shape index (κ1) is 14.6. The van der Waals surface area contributed by atoms with Crippen LogP contribution in [0, 0.1) is 0 Å². The maximum atomic E-state index is 11.8. The van der Waals surface area contributed by atoms with E-state index in [2.05, 4.69) is 13.5 Å². The van der Waals surface area contributed by atoms with E-state index in [0.29, 0.717) is 11.1 Å². The third kappa shape index (κ3) is 4.91. The first-order valence-electron chi connectivity index (χ1n) is 5.53. The molecule has 0 N–H and O–H groups in total. The smallest absolute Gasteiger partial charge is 0.249 e. The van der Waals surface area contributed by atoms with Crippen LogP contribution < -0.4 is 0 Å². The van der Waals surface area contributed by atoms with Crippen molar-refractivity contribution in [1.29, 1.82) is 0 Å². The number of hydrogen-bond donors (Lipinski definition) is 0. The van der Waals surface area contributed by atoms with Crippen LogP contribution in [-0.2, 0) is 9.59 Å². The molecular weight excluding hydrogens is 202 g/mol. The molecule has 0 rings (SSSR count).